The molecule has 2 saturated heterocycles. The van der Waals surface area contributed by atoms with Gasteiger partial charge in [-0.3, -0.25) is 4.79 Å². The van der Waals surface area contributed by atoms with Crippen LogP contribution in [0.2, 0.25) is 0 Å². The molecule has 1 amide bonds. The van der Waals surface area contributed by atoms with E-state index in [1.165, 1.54) is 0 Å². The maximum absolute atomic E-state index is 11.8. The molecule has 0 aromatic rings. The van der Waals surface area contributed by atoms with E-state index in [4.69, 9.17) is 10.5 Å². The molecule has 2 N–H and O–H groups in total. The van der Waals surface area contributed by atoms with E-state index in [1.54, 1.807) is 0 Å². The van der Waals surface area contributed by atoms with E-state index in [-0.39, 0.29) is 11.9 Å². The van der Waals surface area contributed by atoms with Crippen LogP contribution in [0.3, 0.4) is 0 Å². The van der Waals surface area contributed by atoms with Gasteiger partial charge >= 0.3 is 0 Å². The van der Waals surface area contributed by atoms with Crippen molar-refractivity contribution in [2.24, 2.45) is 11.7 Å². The smallest absolute Gasteiger partial charge is 0.222 e. The summed E-state index contributed by atoms with van der Waals surface area (Å²) < 4.78 is 5.25. The van der Waals surface area contributed by atoms with Gasteiger partial charge in [-0.25, -0.2) is 0 Å². The standard InChI is InChI=1S/C10H18N2O2/c11-9-1-3-12(6-9)10(13)5-8-2-4-14-7-8/h8-9H,1-7,11H2. The van der Waals surface area contributed by atoms with Crippen molar-refractivity contribution in [2.75, 3.05) is 26.3 Å². The first kappa shape index (κ1) is 9.93. The van der Waals surface area contributed by atoms with Crippen molar-refractivity contribution in [1.82, 2.24) is 4.90 Å². The molecule has 0 bridgehead atoms. The van der Waals surface area contributed by atoms with Crippen LogP contribution in [0.4, 0.5) is 0 Å². The van der Waals surface area contributed by atoms with Crippen LogP contribution in [0.5, 0.6) is 0 Å². The van der Waals surface area contributed by atoms with Crippen molar-refractivity contribution in [3.8, 4) is 0 Å². The molecule has 0 radical (unpaired) electrons. The number of ether oxygens (including phenoxy) is 1. The Bertz CT molecular complexity index is 214. The predicted octanol–water partition coefficient (Wildman–Crippen LogP) is -0.0274. The molecular weight excluding hydrogens is 180 g/mol. The molecule has 0 spiro atoms. The highest BCUT2D eigenvalue weighted by Gasteiger charge is 2.26. The average Bonchev–Trinajstić information content (AvgIpc) is 2.75. The van der Waals surface area contributed by atoms with Crippen molar-refractivity contribution in [1.29, 1.82) is 0 Å². The molecule has 14 heavy (non-hydrogen) atoms. The molecule has 0 aromatic carbocycles. The first-order valence-electron chi connectivity index (χ1n) is 5.37. The summed E-state index contributed by atoms with van der Waals surface area (Å²) in [7, 11) is 0. The highest BCUT2D eigenvalue weighted by molar-refractivity contribution is 5.76. The van der Waals surface area contributed by atoms with Crippen LogP contribution in [-0.2, 0) is 9.53 Å². The monoisotopic (exact) mass is 198 g/mol. The Labute approximate surface area is 84.4 Å². The number of rotatable bonds is 2. The van der Waals surface area contributed by atoms with Crippen LogP contribution >= 0.6 is 0 Å². The number of amides is 1. The third-order valence-corrected chi connectivity index (χ3v) is 3.06. The summed E-state index contributed by atoms with van der Waals surface area (Å²) in [5, 5.41) is 0. The number of hydrogen-bond donors (Lipinski definition) is 1. The zero-order chi connectivity index (χ0) is 9.97. The first-order valence-corrected chi connectivity index (χ1v) is 5.37. The number of carbonyl (C=O) groups is 1. The van der Waals surface area contributed by atoms with Crippen LogP contribution < -0.4 is 5.73 Å². The Kier molecular flexibility index (Phi) is 3.03. The van der Waals surface area contributed by atoms with Gasteiger partial charge in [0.2, 0.25) is 5.91 Å². The average molecular weight is 198 g/mol. The summed E-state index contributed by atoms with van der Waals surface area (Å²) in [6, 6.07) is 0.193. The Hall–Kier alpha value is -0.610. The highest BCUT2D eigenvalue weighted by Crippen LogP contribution is 2.19. The molecule has 2 atom stereocenters. The zero-order valence-electron chi connectivity index (χ0n) is 8.45. The van der Waals surface area contributed by atoms with Gasteiger partial charge in [-0.05, 0) is 18.8 Å². The Balaban J connectivity index is 1.77. The molecule has 0 aromatic heterocycles. The Morgan fingerprint density at radius 2 is 2.36 bits per heavy atom. The largest absolute Gasteiger partial charge is 0.381 e. The van der Waals surface area contributed by atoms with Crippen LogP contribution in [0, 0.1) is 5.92 Å². The molecule has 4 nitrogen and oxygen atoms in total. The van der Waals surface area contributed by atoms with Gasteiger partial charge in [0.05, 0.1) is 0 Å². The first-order chi connectivity index (χ1) is 6.75. The second-order valence-corrected chi connectivity index (χ2v) is 4.32. The number of carbonyl (C=O) groups excluding carboxylic acids is 1. The SMILES string of the molecule is NC1CCN(C(=O)CC2CCOC2)C1. The van der Waals surface area contributed by atoms with Crippen LogP contribution in [-0.4, -0.2) is 43.2 Å². The molecule has 2 rings (SSSR count). The minimum absolute atomic E-state index is 0.193. The molecule has 2 aliphatic heterocycles. The van der Waals surface area contributed by atoms with Gasteiger partial charge in [-0.2, -0.15) is 0 Å². The summed E-state index contributed by atoms with van der Waals surface area (Å²) in [4.78, 5) is 13.7. The van der Waals surface area contributed by atoms with E-state index in [0.29, 0.717) is 12.3 Å². The highest BCUT2D eigenvalue weighted by atomic mass is 16.5. The summed E-state index contributed by atoms with van der Waals surface area (Å²) in [5.41, 5.74) is 5.75. The topological polar surface area (TPSA) is 55.6 Å². The van der Waals surface area contributed by atoms with Crippen LogP contribution in [0.1, 0.15) is 19.3 Å². The van der Waals surface area contributed by atoms with Gasteiger partial charge in [-0.15, -0.1) is 0 Å². The van der Waals surface area contributed by atoms with E-state index in [0.717, 1.165) is 39.1 Å². The lowest BCUT2D eigenvalue weighted by Gasteiger charge is -2.17. The van der Waals surface area contributed by atoms with Crippen molar-refractivity contribution >= 4 is 5.91 Å². The number of nitrogens with two attached hydrogens (primary N) is 1. The molecule has 0 aliphatic carbocycles. The fourth-order valence-corrected chi connectivity index (χ4v) is 2.13. The van der Waals surface area contributed by atoms with Gasteiger partial charge in [0.1, 0.15) is 0 Å². The minimum atomic E-state index is 0.193. The van der Waals surface area contributed by atoms with E-state index >= 15 is 0 Å². The van der Waals surface area contributed by atoms with E-state index < -0.39 is 0 Å². The van der Waals surface area contributed by atoms with E-state index in [1.807, 2.05) is 4.90 Å². The van der Waals surface area contributed by atoms with Gasteiger partial charge in [0, 0.05) is 38.8 Å². The van der Waals surface area contributed by atoms with Crippen LogP contribution in [0.15, 0.2) is 0 Å². The van der Waals surface area contributed by atoms with Crippen LogP contribution in [0.25, 0.3) is 0 Å². The fourth-order valence-electron chi connectivity index (χ4n) is 2.13. The number of likely N-dealkylation sites (tertiary alicyclic amines) is 1. The van der Waals surface area contributed by atoms with Crippen molar-refractivity contribution in [3.05, 3.63) is 0 Å². The third kappa shape index (κ3) is 2.25. The summed E-state index contributed by atoms with van der Waals surface area (Å²) >= 11 is 0. The summed E-state index contributed by atoms with van der Waals surface area (Å²) in [5.74, 6) is 0.702. The fraction of sp³-hybridized carbons (Fsp3) is 0.900. The number of nitrogens with zero attached hydrogens (tertiary/aromatic N) is 1. The second kappa shape index (κ2) is 4.28. The molecule has 2 fully saturated rings. The molecule has 2 heterocycles. The summed E-state index contributed by atoms with van der Waals surface area (Å²) in [6.07, 6.45) is 2.63. The predicted molar refractivity (Wildman–Crippen MR) is 52.7 cm³/mol. The quantitative estimate of drug-likeness (QED) is 0.678. The third-order valence-electron chi connectivity index (χ3n) is 3.06. The van der Waals surface area contributed by atoms with E-state index in [2.05, 4.69) is 0 Å². The molecule has 2 unspecified atom stereocenters. The maximum atomic E-state index is 11.8. The molecule has 0 saturated carbocycles. The zero-order valence-corrected chi connectivity index (χ0v) is 8.45. The lowest BCUT2D eigenvalue weighted by Crippen LogP contribution is -2.33. The Morgan fingerprint density at radius 1 is 1.50 bits per heavy atom. The van der Waals surface area contributed by atoms with Crippen molar-refractivity contribution in [2.45, 2.75) is 25.3 Å². The molecule has 80 valence electrons. The van der Waals surface area contributed by atoms with Crippen molar-refractivity contribution in [3.63, 3.8) is 0 Å². The van der Waals surface area contributed by atoms with Crippen molar-refractivity contribution < 1.29 is 9.53 Å². The van der Waals surface area contributed by atoms with Gasteiger partial charge in [-0.1, -0.05) is 0 Å². The van der Waals surface area contributed by atoms with Gasteiger partial charge in [0.25, 0.3) is 0 Å². The normalized spacial score (nSPS) is 32.5. The lowest BCUT2D eigenvalue weighted by atomic mass is 10.0. The molecular formula is C10H18N2O2. The van der Waals surface area contributed by atoms with E-state index in [9.17, 15) is 4.79 Å². The molecule has 4 heteroatoms. The second-order valence-electron chi connectivity index (χ2n) is 4.32. The summed E-state index contributed by atoms with van der Waals surface area (Å²) in [6.45, 7) is 3.16. The molecule has 2 aliphatic rings. The minimum Gasteiger partial charge on any atom is -0.381 e. The van der Waals surface area contributed by atoms with Gasteiger partial charge < -0.3 is 15.4 Å². The lowest BCUT2D eigenvalue weighted by molar-refractivity contribution is -0.131. The Morgan fingerprint density at radius 3 is 2.93 bits per heavy atom. The number of hydrogen-bond acceptors (Lipinski definition) is 3. The maximum Gasteiger partial charge on any atom is 0.222 e. The van der Waals surface area contributed by atoms with Gasteiger partial charge in [0.15, 0.2) is 0 Å².